The molecular formula is C13H19ClN2O. The average molecular weight is 255 g/mol. The summed E-state index contributed by atoms with van der Waals surface area (Å²) in [7, 11) is 3.75. The summed E-state index contributed by atoms with van der Waals surface area (Å²) in [6.45, 7) is 1.00. The maximum absolute atomic E-state index is 6.02. The Bertz CT molecular complexity index is 391. The summed E-state index contributed by atoms with van der Waals surface area (Å²) in [5, 5.41) is 0.734. The minimum atomic E-state index is 0.398. The standard InChI is InChI=1S/C13H19ClN2O/c1-16(8-9-5-11(15)6-9)12-7-10(14)3-4-13(12)17-2/h3-4,7,9,11H,5-6,8,15H2,1-2H3. The van der Waals surface area contributed by atoms with Gasteiger partial charge in [-0.05, 0) is 37.0 Å². The van der Waals surface area contributed by atoms with Crippen LogP contribution in [0, 0.1) is 5.92 Å². The topological polar surface area (TPSA) is 38.5 Å². The van der Waals surface area contributed by atoms with Gasteiger partial charge >= 0.3 is 0 Å². The van der Waals surface area contributed by atoms with Gasteiger partial charge in [0.25, 0.3) is 0 Å². The van der Waals surface area contributed by atoms with Crippen LogP contribution in [0.3, 0.4) is 0 Å². The molecule has 1 fully saturated rings. The molecule has 1 aromatic carbocycles. The maximum atomic E-state index is 6.02. The first-order valence-corrected chi connectivity index (χ1v) is 6.28. The molecule has 17 heavy (non-hydrogen) atoms. The molecule has 0 saturated heterocycles. The highest BCUT2D eigenvalue weighted by atomic mass is 35.5. The van der Waals surface area contributed by atoms with Gasteiger partial charge in [-0.3, -0.25) is 0 Å². The summed E-state index contributed by atoms with van der Waals surface area (Å²) < 4.78 is 5.35. The van der Waals surface area contributed by atoms with Crippen molar-refractivity contribution < 1.29 is 4.74 Å². The first-order chi connectivity index (χ1) is 8.10. The summed E-state index contributed by atoms with van der Waals surface area (Å²) in [6.07, 6.45) is 2.24. The van der Waals surface area contributed by atoms with E-state index in [9.17, 15) is 0 Å². The number of rotatable bonds is 4. The van der Waals surface area contributed by atoms with Crippen LogP contribution in [0.15, 0.2) is 18.2 Å². The number of anilines is 1. The maximum Gasteiger partial charge on any atom is 0.142 e. The van der Waals surface area contributed by atoms with Crippen molar-refractivity contribution in [2.24, 2.45) is 11.7 Å². The smallest absolute Gasteiger partial charge is 0.142 e. The predicted octanol–water partition coefficient (Wildman–Crippen LogP) is 2.52. The second kappa shape index (κ2) is 5.15. The normalized spacial score (nSPS) is 23.1. The van der Waals surface area contributed by atoms with Gasteiger partial charge in [0, 0.05) is 24.7 Å². The van der Waals surface area contributed by atoms with E-state index in [1.165, 1.54) is 0 Å². The van der Waals surface area contributed by atoms with Gasteiger partial charge in [-0.2, -0.15) is 0 Å². The third-order valence-electron chi connectivity index (χ3n) is 3.36. The van der Waals surface area contributed by atoms with Crippen LogP contribution in [0.5, 0.6) is 5.75 Å². The van der Waals surface area contributed by atoms with Gasteiger partial charge in [0.2, 0.25) is 0 Å². The SMILES string of the molecule is COc1ccc(Cl)cc1N(C)CC1CC(N)C1. The summed E-state index contributed by atoms with van der Waals surface area (Å²) in [4.78, 5) is 2.20. The molecule has 0 aliphatic heterocycles. The molecule has 2 N–H and O–H groups in total. The summed E-state index contributed by atoms with van der Waals surface area (Å²) in [6, 6.07) is 6.09. The van der Waals surface area contributed by atoms with E-state index < -0.39 is 0 Å². The Labute approximate surface area is 107 Å². The minimum absolute atomic E-state index is 0.398. The third-order valence-corrected chi connectivity index (χ3v) is 3.59. The molecule has 1 aliphatic rings. The third kappa shape index (κ3) is 2.85. The lowest BCUT2D eigenvalue weighted by atomic mass is 9.80. The van der Waals surface area contributed by atoms with E-state index in [4.69, 9.17) is 22.1 Å². The monoisotopic (exact) mass is 254 g/mol. The molecule has 1 saturated carbocycles. The number of halogens is 1. The zero-order valence-corrected chi connectivity index (χ0v) is 11.1. The summed E-state index contributed by atoms with van der Waals surface area (Å²) in [5.41, 5.74) is 6.84. The molecule has 0 unspecified atom stereocenters. The lowest BCUT2D eigenvalue weighted by molar-refractivity contribution is 0.270. The van der Waals surface area contributed by atoms with Crippen LogP contribution in [0.2, 0.25) is 5.02 Å². The molecule has 0 bridgehead atoms. The molecule has 1 aliphatic carbocycles. The first kappa shape index (κ1) is 12.5. The van der Waals surface area contributed by atoms with Crippen LogP contribution in [0.25, 0.3) is 0 Å². The lowest BCUT2D eigenvalue weighted by Gasteiger charge is -2.36. The molecule has 2 rings (SSSR count). The van der Waals surface area contributed by atoms with Crippen molar-refractivity contribution in [3.63, 3.8) is 0 Å². The predicted molar refractivity (Wildman–Crippen MR) is 72.0 cm³/mol. The van der Waals surface area contributed by atoms with Crippen molar-refractivity contribution in [3.05, 3.63) is 23.2 Å². The number of ether oxygens (including phenoxy) is 1. The van der Waals surface area contributed by atoms with E-state index in [2.05, 4.69) is 11.9 Å². The average Bonchev–Trinajstić information content (AvgIpc) is 2.27. The summed E-state index contributed by atoms with van der Waals surface area (Å²) in [5.74, 6) is 1.55. The van der Waals surface area contributed by atoms with Crippen LogP contribution in [-0.2, 0) is 0 Å². The Balaban J connectivity index is 2.06. The van der Waals surface area contributed by atoms with Crippen LogP contribution in [-0.4, -0.2) is 26.7 Å². The van der Waals surface area contributed by atoms with E-state index in [0.29, 0.717) is 12.0 Å². The fourth-order valence-electron chi connectivity index (χ4n) is 2.38. The van der Waals surface area contributed by atoms with Gasteiger partial charge in [0.1, 0.15) is 5.75 Å². The quantitative estimate of drug-likeness (QED) is 0.897. The Morgan fingerprint density at radius 3 is 2.76 bits per heavy atom. The molecule has 0 radical (unpaired) electrons. The van der Waals surface area contributed by atoms with E-state index in [0.717, 1.165) is 35.8 Å². The number of nitrogens with two attached hydrogens (primary N) is 1. The van der Waals surface area contributed by atoms with E-state index in [1.807, 2.05) is 18.2 Å². The van der Waals surface area contributed by atoms with Crippen molar-refractivity contribution in [3.8, 4) is 5.75 Å². The molecule has 0 atom stereocenters. The van der Waals surface area contributed by atoms with Crippen molar-refractivity contribution in [2.75, 3.05) is 25.6 Å². The highest BCUT2D eigenvalue weighted by molar-refractivity contribution is 6.30. The number of methoxy groups -OCH3 is 1. The second-order valence-electron chi connectivity index (χ2n) is 4.79. The van der Waals surface area contributed by atoms with Crippen LogP contribution in [0.1, 0.15) is 12.8 Å². The molecule has 4 heteroatoms. The largest absolute Gasteiger partial charge is 0.495 e. The molecule has 0 aromatic heterocycles. The van der Waals surface area contributed by atoms with Crippen molar-refractivity contribution in [1.29, 1.82) is 0 Å². The molecule has 3 nitrogen and oxygen atoms in total. The van der Waals surface area contributed by atoms with Crippen molar-refractivity contribution in [1.82, 2.24) is 0 Å². The van der Waals surface area contributed by atoms with Gasteiger partial charge in [-0.25, -0.2) is 0 Å². The van der Waals surface area contributed by atoms with Crippen LogP contribution in [0.4, 0.5) is 5.69 Å². The zero-order chi connectivity index (χ0) is 12.4. The van der Waals surface area contributed by atoms with E-state index in [1.54, 1.807) is 7.11 Å². The van der Waals surface area contributed by atoms with E-state index in [-0.39, 0.29) is 0 Å². The number of benzene rings is 1. The fourth-order valence-corrected chi connectivity index (χ4v) is 2.55. The van der Waals surface area contributed by atoms with Gasteiger partial charge in [-0.15, -0.1) is 0 Å². The molecule has 0 heterocycles. The van der Waals surface area contributed by atoms with Gasteiger partial charge < -0.3 is 15.4 Å². The van der Waals surface area contributed by atoms with Crippen molar-refractivity contribution >= 4 is 17.3 Å². The Kier molecular flexibility index (Phi) is 3.79. The number of nitrogens with zero attached hydrogens (tertiary/aromatic N) is 1. The number of hydrogen-bond donors (Lipinski definition) is 1. The highest BCUT2D eigenvalue weighted by Gasteiger charge is 2.27. The second-order valence-corrected chi connectivity index (χ2v) is 5.23. The van der Waals surface area contributed by atoms with Crippen molar-refractivity contribution in [2.45, 2.75) is 18.9 Å². The molecule has 1 aromatic rings. The molecule has 0 amide bonds. The summed E-state index contributed by atoms with van der Waals surface area (Å²) >= 11 is 6.02. The Morgan fingerprint density at radius 1 is 1.47 bits per heavy atom. The zero-order valence-electron chi connectivity index (χ0n) is 10.3. The van der Waals surface area contributed by atoms with Gasteiger partial charge in [0.15, 0.2) is 0 Å². The van der Waals surface area contributed by atoms with Crippen LogP contribution < -0.4 is 15.4 Å². The van der Waals surface area contributed by atoms with E-state index >= 15 is 0 Å². The van der Waals surface area contributed by atoms with Crippen LogP contribution >= 0.6 is 11.6 Å². The molecule has 94 valence electrons. The van der Waals surface area contributed by atoms with Gasteiger partial charge in [-0.1, -0.05) is 11.6 Å². The highest BCUT2D eigenvalue weighted by Crippen LogP contribution is 2.33. The number of hydrogen-bond acceptors (Lipinski definition) is 3. The Morgan fingerprint density at radius 2 is 2.18 bits per heavy atom. The minimum Gasteiger partial charge on any atom is -0.495 e. The Hall–Kier alpha value is -0.930. The fraction of sp³-hybridized carbons (Fsp3) is 0.538. The molecule has 0 spiro atoms. The van der Waals surface area contributed by atoms with Gasteiger partial charge in [0.05, 0.1) is 12.8 Å². The first-order valence-electron chi connectivity index (χ1n) is 5.90. The lowest BCUT2D eigenvalue weighted by Crippen LogP contribution is -2.41. The molecular weight excluding hydrogens is 236 g/mol.